The van der Waals surface area contributed by atoms with Crippen molar-refractivity contribution in [3.05, 3.63) is 0 Å². The second-order valence-electron chi connectivity index (χ2n) is 5.28. The van der Waals surface area contributed by atoms with Crippen LogP contribution in [0.15, 0.2) is 0 Å². The summed E-state index contributed by atoms with van der Waals surface area (Å²) in [7, 11) is 0. The van der Waals surface area contributed by atoms with E-state index in [4.69, 9.17) is 0 Å². The van der Waals surface area contributed by atoms with E-state index in [2.05, 4.69) is 6.92 Å². The van der Waals surface area contributed by atoms with Crippen molar-refractivity contribution in [3.63, 3.8) is 0 Å². The van der Waals surface area contributed by atoms with Gasteiger partial charge < -0.3 is 9.59 Å². The highest BCUT2D eigenvalue weighted by Gasteiger charge is 2.52. The van der Waals surface area contributed by atoms with Crippen LogP contribution in [0, 0.1) is 23.2 Å². The van der Waals surface area contributed by atoms with E-state index >= 15 is 0 Å². The van der Waals surface area contributed by atoms with Crippen molar-refractivity contribution < 1.29 is 9.59 Å². The number of carbonyl (C=O) groups is 2. The predicted octanol–water partition coefficient (Wildman–Crippen LogP) is 2.22. The molecule has 2 fully saturated rings. The lowest BCUT2D eigenvalue weighted by Crippen LogP contribution is -2.31. The van der Waals surface area contributed by atoms with Crippen LogP contribution in [-0.2, 0) is 9.59 Å². The van der Waals surface area contributed by atoms with Crippen molar-refractivity contribution in [3.8, 4) is 0 Å². The molecule has 0 aliphatic heterocycles. The van der Waals surface area contributed by atoms with Crippen molar-refractivity contribution in [1.82, 2.24) is 0 Å². The van der Waals surface area contributed by atoms with Crippen LogP contribution in [-0.4, -0.2) is 12.6 Å². The van der Waals surface area contributed by atoms with Crippen LogP contribution in [0.2, 0.25) is 0 Å². The Morgan fingerprint density at radius 1 is 1.36 bits per heavy atom. The van der Waals surface area contributed by atoms with Crippen LogP contribution in [0.4, 0.5) is 0 Å². The van der Waals surface area contributed by atoms with Crippen LogP contribution in [0.1, 0.15) is 39.0 Å². The van der Waals surface area contributed by atoms with Crippen LogP contribution in [0.5, 0.6) is 0 Å². The minimum atomic E-state index is -0.0729. The van der Waals surface area contributed by atoms with E-state index < -0.39 is 0 Å². The zero-order valence-electron chi connectivity index (χ0n) is 8.74. The zero-order valence-corrected chi connectivity index (χ0v) is 8.74. The van der Waals surface area contributed by atoms with Crippen molar-refractivity contribution in [2.24, 2.45) is 23.2 Å². The second-order valence-corrected chi connectivity index (χ2v) is 5.28. The highest BCUT2D eigenvalue weighted by molar-refractivity contribution is 5.60. The molecular formula is C12H18O2. The highest BCUT2D eigenvalue weighted by atomic mass is 16.1. The molecule has 2 heteroatoms. The first-order valence-corrected chi connectivity index (χ1v) is 5.59. The van der Waals surface area contributed by atoms with Gasteiger partial charge in [-0.15, -0.1) is 0 Å². The van der Waals surface area contributed by atoms with Gasteiger partial charge in [-0.3, -0.25) is 0 Å². The van der Waals surface area contributed by atoms with Gasteiger partial charge in [-0.25, -0.2) is 0 Å². The average Bonchev–Trinajstić information content (AvgIpc) is 2.71. The molecule has 2 saturated carbocycles. The van der Waals surface area contributed by atoms with Crippen molar-refractivity contribution in [2.75, 3.05) is 0 Å². The lowest BCUT2D eigenvalue weighted by atomic mass is 9.69. The molecule has 2 rings (SSSR count). The lowest BCUT2D eigenvalue weighted by Gasteiger charge is -2.34. The number of hydrogen-bond donors (Lipinski definition) is 0. The number of carbonyl (C=O) groups excluding carboxylic acids is 2. The van der Waals surface area contributed by atoms with E-state index in [-0.39, 0.29) is 5.41 Å². The van der Waals surface area contributed by atoms with Crippen molar-refractivity contribution >= 4 is 12.6 Å². The van der Waals surface area contributed by atoms with E-state index in [9.17, 15) is 9.59 Å². The first-order valence-electron chi connectivity index (χ1n) is 5.59. The van der Waals surface area contributed by atoms with Gasteiger partial charge >= 0.3 is 0 Å². The molecule has 0 N–H and O–H groups in total. The molecule has 0 amide bonds. The summed E-state index contributed by atoms with van der Waals surface area (Å²) in [5.74, 6) is 1.95. The third kappa shape index (κ3) is 1.41. The first-order chi connectivity index (χ1) is 6.69. The molecule has 4 unspecified atom stereocenters. The smallest absolute Gasteiger partial charge is 0.126 e. The Kier molecular flexibility index (Phi) is 2.46. The molecule has 2 aliphatic carbocycles. The summed E-state index contributed by atoms with van der Waals surface area (Å²) in [5, 5.41) is 0. The number of hydrogen-bond acceptors (Lipinski definition) is 2. The molecule has 0 aromatic carbocycles. The predicted molar refractivity (Wildman–Crippen MR) is 53.8 cm³/mol. The summed E-state index contributed by atoms with van der Waals surface area (Å²) < 4.78 is 0. The molecular weight excluding hydrogens is 176 g/mol. The molecule has 14 heavy (non-hydrogen) atoms. The van der Waals surface area contributed by atoms with Crippen molar-refractivity contribution in [2.45, 2.75) is 39.0 Å². The van der Waals surface area contributed by atoms with Gasteiger partial charge in [0.25, 0.3) is 0 Å². The highest BCUT2D eigenvalue weighted by Crippen LogP contribution is 2.58. The Labute approximate surface area is 85.1 Å². The molecule has 0 aromatic rings. The largest absolute Gasteiger partial charge is 0.303 e. The summed E-state index contributed by atoms with van der Waals surface area (Å²) >= 11 is 0. The number of aldehydes is 2. The van der Waals surface area contributed by atoms with Gasteiger partial charge in [0, 0.05) is 11.8 Å². The minimum Gasteiger partial charge on any atom is -0.303 e. The van der Waals surface area contributed by atoms with Crippen LogP contribution in [0.25, 0.3) is 0 Å². The normalized spacial score (nSPS) is 45.4. The van der Waals surface area contributed by atoms with E-state index in [0.717, 1.165) is 31.3 Å². The SMILES string of the molecule is CC1(C=O)CC2CC(CCC=O)C1C2. The molecule has 2 bridgehead atoms. The molecule has 0 saturated heterocycles. The second kappa shape index (κ2) is 3.48. The molecule has 2 nitrogen and oxygen atoms in total. The maximum atomic E-state index is 11.1. The Morgan fingerprint density at radius 3 is 2.71 bits per heavy atom. The van der Waals surface area contributed by atoms with Gasteiger partial charge in [0.05, 0.1) is 0 Å². The fourth-order valence-corrected chi connectivity index (χ4v) is 3.72. The standard InChI is InChI=1S/C12H18O2/c1-12(8-14)7-9-5-10(3-2-4-13)11(12)6-9/h4,8-11H,2-3,5-7H2,1H3. The topological polar surface area (TPSA) is 34.1 Å². The molecule has 78 valence electrons. The van der Waals surface area contributed by atoms with Crippen LogP contribution >= 0.6 is 0 Å². The molecule has 0 aromatic heterocycles. The Bertz CT molecular complexity index is 249. The molecule has 0 spiro atoms. The monoisotopic (exact) mass is 194 g/mol. The molecule has 0 radical (unpaired) electrons. The summed E-state index contributed by atoms with van der Waals surface area (Å²) in [5.41, 5.74) is -0.0729. The van der Waals surface area contributed by atoms with Gasteiger partial charge in [0.15, 0.2) is 0 Å². The Morgan fingerprint density at radius 2 is 2.14 bits per heavy atom. The van der Waals surface area contributed by atoms with Gasteiger partial charge in [-0.1, -0.05) is 6.92 Å². The lowest BCUT2D eigenvalue weighted by molar-refractivity contribution is -0.119. The molecule has 0 heterocycles. The van der Waals surface area contributed by atoms with Crippen molar-refractivity contribution in [1.29, 1.82) is 0 Å². The third-order valence-electron chi connectivity index (χ3n) is 4.29. The van der Waals surface area contributed by atoms with E-state index in [1.807, 2.05) is 0 Å². The zero-order chi connectivity index (χ0) is 10.2. The van der Waals surface area contributed by atoms with Gasteiger partial charge in [0.2, 0.25) is 0 Å². The Balaban J connectivity index is 2.03. The maximum absolute atomic E-state index is 11.1. The maximum Gasteiger partial charge on any atom is 0.126 e. The number of rotatable bonds is 4. The average molecular weight is 194 g/mol. The third-order valence-corrected chi connectivity index (χ3v) is 4.29. The van der Waals surface area contributed by atoms with E-state index in [1.165, 1.54) is 12.8 Å². The summed E-state index contributed by atoms with van der Waals surface area (Å²) in [4.78, 5) is 21.4. The first kappa shape index (κ1) is 9.88. The van der Waals surface area contributed by atoms with Crippen LogP contribution < -0.4 is 0 Å². The molecule has 4 atom stereocenters. The summed E-state index contributed by atoms with van der Waals surface area (Å²) in [6.45, 7) is 2.09. The van der Waals surface area contributed by atoms with Gasteiger partial charge in [0.1, 0.15) is 12.6 Å². The van der Waals surface area contributed by atoms with Gasteiger partial charge in [-0.2, -0.15) is 0 Å². The number of fused-ring (bicyclic) bond motifs is 2. The van der Waals surface area contributed by atoms with E-state index in [0.29, 0.717) is 18.3 Å². The quantitative estimate of drug-likeness (QED) is 0.643. The van der Waals surface area contributed by atoms with Gasteiger partial charge in [-0.05, 0) is 43.4 Å². The fraction of sp³-hybridized carbons (Fsp3) is 0.833. The Hall–Kier alpha value is -0.660. The summed E-state index contributed by atoms with van der Waals surface area (Å²) in [6.07, 6.45) is 7.38. The summed E-state index contributed by atoms with van der Waals surface area (Å²) in [6, 6.07) is 0. The van der Waals surface area contributed by atoms with E-state index in [1.54, 1.807) is 0 Å². The minimum absolute atomic E-state index is 0.0729. The molecule has 2 aliphatic rings. The van der Waals surface area contributed by atoms with Crippen LogP contribution in [0.3, 0.4) is 0 Å². The fourth-order valence-electron chi connectivity index (χ4n) is 3.72.